The summed E-state index contributed by atoms with van der Waals surface area (Å²) in [7, 11) is 0. The molecule has 0 radical (unpaired) electrons. The van der Waals surface area contributed by atoms with E-state index in [2.05, 4.69) is 39.7 Å². The normalized spacial score (nSPS) is 16.2. The third kappa shape index (κ3) is 7.84. The second-order valence-corrected chi connectivity index (χ2v) is 10.2. The molecular formula is C25H36N8O4. The number of rotatable bonds is 9. The second-order valence-electron chi connectivity index (χ2n) is 10.2. The lowest BCUT2D eigenvalue weighted by atomic mass is 10.0. The Morgan fingerprint density at radius 3 is 2.54 bits per heavy atom. The number of primary amides is 1. The summed E-state index contributed by atoms with van der Waals surface area (Å²) in [5.41, 5.74) is 6.63. The standard InChI is InChI=1S/C25H36N8O4/c1-16(2)17-8-10-18(11-9-17)27-22-20(21(26)35)30-31-23(29-22)28-19-7-6-12-32(15-19)33(13-14-34)24(36)37-25(3,4)5/h8-11,14,16,19H,6-7,12-13,15H2,1-5H3,(H2,26,35)(H2,27,28,29,31). The smallest absolute Gasteiger partial charge is 0.425 e. The van der Waals surface area contributed by atoms with Crippen LogP contribution in [0.5, 0.6) is 0 Å². The molecule has 1 atom stereocenters. The molecule has 0 aliphatic carbocycles. The minimum Gasteiger partial charge on any atom is -0.443 e. The van der Waals surface area contributed by atoms with Gasteiger partial charge in [-0.25, -0.2) is 14.8 Å². The van der Waals surface area contributed by atoms with E-state index in [4.69, 9.17) is 10.5 Å². The van der Waals surface area contributed by atoms with Crippen molar-refractivity contribution >= 4 is 35.7 Å². The Balaban J connectivity index is 1.75. The number of carbonyl (C=O) groups is 3. The van der Waals surface area contributed by atoms with Crippen molar-refractivity contribution in [2.24, 2.45) is 5.73 Å². The van der Waals surface area contributed by atoms with Crippen molar-refractivity contribution in [1.29, 1.82) is 0 Å². The maximum Gasteiger partial charge on any atom is 0.425 e. The van der Waals surface area contributed by atoms with Gasteiger partial charge < -0.3 is 25.9 Å². The first-order chi connectivity index (χ1) is 17.5. The highest BCUT2D eigenvalue weighted by atomic mass is 16.6. The van der Waals surface area contributed by atoms with E-state index in [9.17, 15) is 14.4 Å². The van der Waals surface area contributed by atoms with E-state index >= 15 is 0 Å². The highest BCUT2D eigenvalue weighted by Gasteiger charge is 2.31. The van der Waals surface area contributed by atoms with Crippen LogP contribution in [0, 0.1) is 0 Å². The molecule has 2 amide bonds. The molecule has 1 aromatic carbocycles. The molecule has 12 heteroatoms. The summed E-state index contributed by atoms with van der Waals surface area (Å²) in [5.74, 6) is 0.0294. The number of hydrogen-bond donors (Lipinski definition) is 3. The van der Waals surface area contributed by atoms with Crippen LogP contribution in [-0.4, -0.2) is 74.8 Å². The summed E-state index contributed by atoms with van der Waals surface area (Å²) in [6.45, 7) is 10.4. The van der Waals surface area contributed by atoms with E-state index in [1.807, 2.05) is 24.3 Å². The molecule has 2 aromatic rings. The Morgan fingerprint density at radius 2 is 1.95 bits per heavy atom. The number of nitrogens with zero attached hydrogens (tertiary/aromatic N) is 5. The Kier molecular flexibility index (Phi) is 8.98. The molecule has 0 saturated carbocycles. The van der Waals surface area contributed by atoms with Crippen LogP contribution < -0.4 is 16.4 Å². The second kappa shape index (κ2) is 12.0. The highest BCUT2D eigenvalue weighted by molar-refractivity contribution is 5.96. The van der Waals surface area contributed by atoms with Crippen molar-refractivity contribution in [3.05, 3.63) is 35.5 Å². The average molecular weight is 513 g/mol. The Morgan fingerprint density at radius 1 is 1.24 bits per heavy atom. The van der Waals surface area contributed by atoms with E-state index < -0.39 is 17.6 Å². The summed E-state index contributed by atoms with van der Waals surface area (Å²) >= 11 is 0. The lowest BCUT2D eigenvalue weighted by molar-refractivity contribution is -0.115. The molecule has 37 heavy (non-hydrogen) atoms. The molecule has 1 saturated heterocycles. The quantitative estimate of drug-likeness (QED) is 0.427. The van der Waals surface area contributed by atoms with Crippen LogP contribution in [0.4, 0.5) is 22.2 Å². The van der Waals surface area contributed by atoms with Gasteiger partial charge in [-0.15, -0.1) is 10.2 Å². The van der Waals surface area contributed by atoms with Crippen LogP contribution in [0.1, 0.15) is 69.4 Å². The minimum atomic E-state index is -0.751. The van der Waals surface area contributed by atoms with E-state index in [1.165, 1.54) is 10.6 Å². The van der Waals surface area contributed by atoms with Gasteiger partial charge in [-0.3, -0.25) is 4.79 Å². The number of aldehydes is 1. The molecule has 3 rings (SSSR count). The van der Waals surface area contributed by atoms with Crippen molar-refractivity contribution in [3.8, 4) is 0 Å². The van der Waals surface area contributed by atoms with Gasteiger partial charge in [-0.2, -0.15) is 4.98 Å². The first-order valence-corrected chi connectivity index (χ1v) is 12.3. The van der Waals surface area contributed by atoms with Crippen LogP contribution in [0.25, 0.3) is 0 Å². The molecule has 1 fully saturated rings. The van der Waals surface area contributed by atoms with Crippen molar-refractivity contribution in [2.75, 3.05) is 30.3 Å². The van der Waals surface area contributed by atoms with Crippen LogP contribution in [-0.2, 0) is 9.53 Å². The number of benzene rings is 1. The van der Waals surface area contributed by atoms with E-state index in [0.717, 1.165) is 18.5 Å². The molecular weight excluding hydrogens is 476 g/mol. The maximum absolute atomic E-state index is 12.7. The maximum atomic E-state index is 12.7. The number of amides is 2. The number of piperidine rings is 1. The van der Waals surface area contributed by atoms with Crippen molar-refractivity contribution < 1.29 is 19.1 Å². The topological polar surface area (TPSA) is 156 Å². The minimum absolute atomic E-state index is 0.0779. The van der Waals surface area contributed by atoms with Gasteiger partial charge >= 0.3 is 6.09 Å². The summed E-state index contributed by atoms with van der Waals surface area (Å²) in [6.07, 6.45) is 1.62. The van der Waals surface area contributed by atoms with E-state index in [-0.39, 0.29) is 30.0 Å². The zero-order chi connectivity index (χ0) is 27.2. The van der Waals surface area contributed by atoms with E-state index in [0.29, 0.717) is 25.3 Å². The number of carbonyl (C=O) groups excluding carboxylic acids is 3. The van der Waals surface area contributed by atoms with Gasteiger partial charge in [0.05, 0.1) is 6.54 Å². The fraction of sp³-hybridized carbons (Fsp3) is 0.520. The first kappa shape index (κ1) is 27.8. The largest absolute Gasteiger partial charge is 0.443 e. The third-order valence-corrected chi connectivity index (χ3v) is 5.69. The number of aromatic nitrogens is 3. The van der Waals surface area contributed by atoms with Gasteiger partial charge in [-0.1, -0.05) is 26.0 Å². The van der Waals surface area contributed by atoms with Crippen molar-refractivity contribution in [2.45, 2.75) is 65.0 Å². The van der Waals surface area contributed by atoms with Gasteiger partial charge in [0.1, 0.15) is 11.9 Å². The molecule has 1 aromatic heterocycles. The summed E-state index contributed by atoms with van der Waals surface area (Å²) < 4.78 is 5.47. The van der Waals surface area contributed by atoms with Gasteiger partial charge in [0, 0.05) is 24.8 Å². The molecule has 1 aliphatic heterocycles. The first-order valence-electron chi connectivity index (χ1n) is 12.3. The number of nitrogens with two attached hydrogens (primary N) is 1. The lowest BCUT2D eigenvalue weighted by Gasteiger charge is -2.39. The van der Waals surface area contributed by atoms with Gasteiger partial charge in [0.15, 0.2) is 11.5 Å². The molecule has 1 unspecified atom stereocenters. The molecule has 0 bridgehead atoms. The van der Waals surface area contributed by atoms with Gasteiger partial charge in [0.2, 0.25) is 5.95 Å². The summed E-state index contributed by atoms with van der Waals surface area (Å²) in [6, 6.07) is 7.64. The number of ether oxygens (including phenoxy) is 1. The molecule has 0 spiro atoms. The summed E-state index contributed by atoms with van der Waals surface area (Å²) in [4.78, 5) is 40.3. The number of hydrazine groups is 1. The highest BCUT2D eigenvalue weighted by Crippen LogP contribution is 2.23. The lowest BCUT2D eigenvalue weighted by Crippen LogP contribution is -2.55. The van der Waals surface area contributed by atoms with Crippen LogP contribution in [0.3, 0.4) is 0 Å². The predicted octanol–water partition coefficient (Wildman–Crippen LogP) is 3.06. The zero-order valence-electron chi connectivity index (χ0n) is 22.0. The number of hydrogen-bond acceptors (Lipinski definition) is 10. The van der Waals surface area contributed by atoms with Gasteiger partial charge in [-0.05, 0) is 57.2 Å². The monoisotopic (exact) mass is 512 g/mol. The Hall–Kier alpha value is -3.80. The molecule has 200 valence electrons. The Bertz CT molecular complexity index is 1100. The molecule has 2 heterocycles. The average Bonchev–Trinajstić information content (AvgIpc) is 2.82. The van der Waals surface area contributed by atoms with Crippen LogP contribution in [0.2, 0.25) is 0 Å². The third-order valence-electron chi connectivity index (χ3n) is 5.69. The van der Waals surface area contributed by atoms with Crippen LogP contribution in [0.15, 0.2) is 24.3 Å². The van der Waals surface area contributed by atoms with Crippen molar-refractivity contribution in [1.82, 2.24) is 25.2 Å². The predicted molar refractivity (Wildman–Crippen MR) is 139 cm³/mol. The number of nitrogens with one attached hydrogen (secondary N) is 2. The molecule has 1 aliphatic rings. The SMILES string of the molecule is CC(C)c1ccc(Nc2nc(NC3CCCN(N(CC=O)C(=O)OC(C)(C)C)C3)nnc2C(N)=O)cc1. The number of anilines is 3. The fourth-order valence-corrected chi connectivity index (χ4v) is 3.90. The van der Waals surface area contributed by atoms with Crippen molar-refractivity contribution in [3.63, 3.8) is 0 Å². The molecule has 4 N–H and O–H groups in total. The molecule has 12 nitrogen and oxygen atoms in total. The van der Waals surface area contributed by atoms with E-state index in [1.54, 1.807) is 25.8 Å². The zero-order valence-corrected chi connectivity index (χ0v) is 22.0. The van der Waals surface area contributed by atoms with Crippen LogP contribution >= 0.6 is 0 Å². The van der Waals surface area contributed by atoms with Gasteiger partial charge in [0.25, 0.3) is 5.91 Å². The Labute approximate surface area is 216 Å². The summed E-state index contributed by atoms with van der Waals surface area (Å²) in [5, 5.41) is 17.4. The fourth-order valence-electron chi connectivity index (χ4n) is 3.90.